The Morgan fingerprint density at radius 1 is 1.23 bits per heavy atom. The highest BCUT2D eigenvalue weighted by Gasteiger charge is 2.15. The number of hydrogen-bond acceptors (Lipinski definition) is 2. The van der Waals surface area contributed by atoms with Crippen LogP contribution in [-0.2, 0) is 9.53 Å². The molecule has 3 heteroatoms. The van der Waals surface area contributed by atoms with E-state index in [0.717, 1.165) is 0 Å². The van der Waals surface area contributed by atoms with Crippen molar-refractivity contribution in [3.8, 4) is 0 Å². The molecule has 2 nitrogen and oxygen atoms in total. The molecule has 0 unspecified atom stereocenters. The van der Waals surface area contributed by atoms with E-state index >= 15 is 0 Å². The van der Waals surface area contributed by atoms with Crippen molar-refractivity contribution in [1.29, 1.82) is 0 Å². The summed E-state index contributed by atoms with van der Waals surface area (Å²) in [5, 5.41) is 0. The summed E-state index contributed by atoms with van der Waals surface area (Å²) in [5.41, 5.74) is 1.60. The van der Waals surface area contributed by atoms with Crippen molar-refractivity contribution >= 4 is 14.0 Å². The third kappa shape index (κ3) is 9.34. The third-order valence-corrected chi connectivity index (χ3v) is 2.29. The van der Waals surface area contributed by atoms with Gasteiger partial charge in [0.1, 0.15) is 5.60 Å². The maximum absolute atomic E-state index is 11.2. The third-order valence-electron chi connectivity index (χ3n) is 1.13. The van der Waals surface area contributed by atoms with Crippen LogP contribution >= 0.6 is 0 Å². The van der Waals surface area contributed by atoms with Gasteiger partial charge >= 0.3 is 5.97 Å². The highest BCUT2D eigenvalue weighted by molar-refractivity contribution is 6.81. The van der Waals surface area contributed by atoms with Gasteiger partial charge in [0.25, 0.3) is 0 Å². The molecule has 0 atom stereocenters. The van der Waals surface area contributed by atoms with Gasteiger partial charge in [0.15, 0.2) is 0 Å². The molecule has 0 saturated heterocycles. The summed E-state index contributed by atoms with van der Waals surface area (Å²) >= 11 is 0. The molecule has 76 valence electrons. The minimum atomic E-state index is -1.28. The summed E-state index contributed by atoms with van der Waals surface area (Å²) in [5.74, 6) is -0.241. The van der Waals surface area contributed by atoms with Gasteiger partial charge in [-0.25, -0.2) is 4.79 Å². The van der Waals surface area contributed by atoms with Crippen LogP contribution < -0.4 is 0 Å². The molecular formula is C10H20O2Si. The Labute approximate surface area is 82.0 Å². The Hall–Kier alpha value is -0.573. The van der Waals surface area contributed by atoms with Gasteiger partial charge in [-0.05, 0) is 20.8 Å². The Morgan fingerprint density at radius 3 is 2.00 bits per heavy atom. The van der Waals surface area contributed by atoms with Crippen LogP contribution in [0.1, 0.15) is 20.8 Å². The van der Waals surface area contributed by atoms with Crippen LogP contribution in [0.25, 0.3) is 0 Å². The largest absolute Gasteiger partial charge is 0.457 e. The minimum absolute atomic E-state index is 0.241. The average molecular weight is 200 g/mol. The van der Waals surface area contributed by atoms with Crippen LogP contribution in [0, 0.1) is 0 Å². The maximum atomic E-state index is 11.2. The fourth-order valence-electron chi connectivity index (χ4n) is 0.654. The van der Waals surface area contributed by atoms with E-state index in [1.54, 1.807) is 6.08 Å². The average Bonchev–Trinajstić information content (AvgIpc) is 1.78. The van der Waals surface area contributed by atoms with Gasteiger partial charge in [-0.2, -0.15) is 0 Å². The van der Waals surface area contributed by atoms with Crippen molar-refractivity contribution in [3.05, 3.63) is 11.8 Å². The van der Waals surface area contributed by atoms with E-state index in [9.17, 15) is 4.79 Å². The van der Waals surface area contributed by atoms with Crippen LogP contribution in [0.15, 0.2) is 11.8 Å². The van der Waals surface area contributed by atoms with E-state index < -0.39 is 8.07 Å². The van der Waals surface area contributed by atoms with E-state index in [4.69, 9.17) is 4.74 Å². The van der Waals surface area contributed by atoms with E-state index in [1.807, 2.05) is 26.5 Å². The van der Waals surface area contributed by atoms with Gasteiger partial charge in [0, 0.05) is 6.08 Å². The standard InChI is InChI=1S/C10H20O2Si/c1-10(2,3)12-9(11)7-8-13(4,5)6/h7-8H,1-6H3/b8-7+. The highest BCUT2D eigenvalue weighted by Crippen LogP contribution is 2.08. The second-order valence-corrected chi connectivity index (χ2v) is 10.3. The van der Waals surface area contributed by atoms with Gasteiger partial charge < -0.3 is 4.74 Å². The lowest BCUT2D eigenvalue weighted by Gasteiger charge is -2.18. The molecule has 0 bridgehead atoms. The summed E-state index contributed by atoms with van der Waals surface area (Å²) < 4.78 is 5.13. The summed E-state index contributed by atoms with van der Waals surface area (Å²) in [6, 6.07) is 0. The number of esters is 1. The molecular weight excluding hydrogens is 180 g/mol. The van der Waals surface area contributed by atoms with Crippen molar-refractivity contribution in [2.45, 2.75) is 46.0 Å². The molecule has 0 aliphatic rings. The molecule has 0 aromatic heterocycles. The molecule has 0 aliphatic carbocycles. The smallest absolute Gasteiger partial charge is 0.330 e. The zero-order valence-corrected chi connectivity index (χ0v) is 10.5. The molecule has 0 aromatic carbocycles. The lowest BCUT2D eigenvalue weighted by molar-refractivity contribution is -0.148. The highest BCUT2D eigenvalue weighted by atomic mass is 28.3. The van der Waals surface area contributed by atoms with Crippen molar-refractivity contribution in [2.75, 3.05) is 0 Å². The SMILES string of the molecule is CC(C)(C)OC(=O)/C=C/[Si](C)(C)C. The molecule has 0 N–H and O–H groups in total. The molecule has 0 heterocycles. The van der Waals surface area contributed by atoms with Crippen LogP contribution in [0.3, 0.4) is 0 Å². The van der Waals surface area contributed by atoms with Crippen molar-refractivity contribution in [2.24, 2.45) is 0 Å². The summed E-state index contributed by atoms with van der Waals surface area (Å²) in [6.45, 7) is 12.1. The molecule has 0 spiro atoms. The molecule has 0 saturated carbocycles. The molecule has 0 aromatic rings. The van der Waals surface area contributed by atoms with Crippen molar-refractivity contribution in [3.63, 3.8) is 0 Å². The summed E-state index contributed by atoms with van der Waals surface area (Å²) in [7, 11) is -1.28. The summed E-state index contributed by atoms with van der Waals surface area (Å²) in [4.78, 5) is 11.2. The first-order valence-corrected chi connectivity index (χ1v) is 8.10. The monoisotopic (exact) mass is 200 g/mol. The van der Waals surface area contributed by atoms with Gasteiger partial charge in [-0.1, -0.05) is 25.3 Å². The summed E-state index contributed by atoms with van der Waals surface area (Å²) in [6.07, 6.45) is 1.55. The topological polar surface area (TPSA) is 26.3 Å². The Morgan fingerprint density at radius 2 is 1.69 bits per heavy atom. The zero-order chi connectivity index (χ0) is 10.7. The number of hydrogen-bond donors (Lipinski definition) is 0. The van der Waals surface area contributed by atoms with Gasteiger partial charge in [0.05, 0.1) is 8.07 Å². The van der Waals surface area contributed by atoms with Gasteiger partial charge in [-0.15, -0.1) is 0 Å². The van der Waals surface area contributed by atoms with Crippen LogP contribution in [0.5, 0.6) is 0 Å². The Bertz CT molecular complexity index is 206. The van der Waals surface area contributed by atoms with E-state index in [1.165, 1.54) is 0 Å². The fourth-order valence-corrected chi connectivity index (χ4v) is 1.29. The predicted octanol–water partition coefficient (Wildman–Crippen LogP) is 2.76. The molecule has 0 amide bonds. The minimum Gasteiger partial charge on any atom is -0.457 e. The van der Waals surface area contributed by atoms with Crippen LogP contribution in [0.2, 0.25) is 19.6 Å². The molecule has 0 fully saturated rings. The number of rotatable bonds is 2. The number of ether oxygens (including phenoxy) is 1. The van der Waals surface area contributed by atoms with E-state index in [-0.39, 0.29) is 11.6 Å². The first-order valence-electron chi connectivity index (χ1n) is 4.52. The molecule has 0 aliphatic heterocycles. The Balaban J connectivity index is 4.11. The maximum Gasteiger partial charge on any atom is 0.330 e. The van der Waals surface area contributed by atoms with Crippen LogP contribution in [0.4, 0.5) is 0 Å². The Kier molecular flexibility index (Phi) is 3.91. The second-order valence-electron chi connectivity index (χ2n) is 5.23. The zero-order valence-electron chi connectivity index (χ0n) is 9.47. The van der Waals surface area contributed by atoms with Crippen molar-refractivity contribution in [1.82, 2.24) is 0 Å². The van der Waals surface area contributed by atoms with E-state index in [0.29, 0.717) is 0 Å². The lowest BCUT2D eigenvalue weighted by atomic mass is 10.2. The van der Waals surface area contributed by atoms with Crippen LogP contribution in [-0.4, -0.2) is 19.6 Å². The predicted molar refractivity (Wildman–Crippen MR) is 58.3 cm³/mol. The lowest BCUT2D eigenvalue weighted by Crippen LogP contribution is -2.23. The molecule has 13 heavy (non-hydrogen) atoms. The number of carbonyl (C=O) groups is 1. The first-order chi connectivity index (χ1) is 5.60. The normalized spacial score (nSPS) is 13.4. The molecule has 0 rings (SSSR count). The van der Waals surface area contributed by atoms with Crippen molar-refractivity contribution < 1.29 is 9.53 Å². The second kappa shape index (κ2) is 4.09. The quantitative estimate of drug-likeness (QED) is 0.389. The number of carbonyl (C=O) groups excluding carboxylic acids is 1. The molecule has 0 radical (unpaired) electrons. The first kappa shape index (κ1) is 12.4. The van der Waals surface area contributed by atoms with Gasteiger partial charge in [-0.3, -0.25) is 0 Å². The fraction of sp³-hybridized carbons (Fsp3) is 0.700. The van der Waals surface area contributed by atoms with Gasteiger partial charge in [0.2, 0.25) is 0 Å². The van der Waals surface area contributed by atoms with E-state index in [2.05, 4.69) is 19.6 Å².